The average molecular weight is 219 g/mol. The van der Waals surface area contributed by atoms with Crippen LogP contribution >= 0.6 is 0 Å². The van der Waals surface area contributed by atoms with Crippen molar-refractivity contribution < 1.29 is 9.84 Å². The summed E-state index contributed by atoms with van der Waals surface area (Å²) in [5.74, 6) is 3.37. The zero-order valence-corrected chi connectivity index (χ0v) is 9.68. The molecule has 1 aromatic carbocycles. The minimum Gasteiger partial charge on any atom is -0.497 e. The summed E-state index contributed by atoms with van der Waals surface area (Å²) in [7, 11) is 3.52. The highest BCUT2D eigenvalue weighted by Gasteiger charge is 2.14. The number of aliphatic hydroxyl groups is 1. The normalized spacial score (nSPS) is 12.2. The van der Waals surface area contributed by atoms with Gasteiger partial charge in [0.25, 0.3) is 0 Å². The highest BCUT2D eigenvalue weighted by molar-refractivity contribution is 5.29. The second kappa shape index (κ2) is 6.16. The number of rotatable bonds is 5. The fourth-order valence-electron chi connectivity index (χ4n) is 1.58. The number of aliphatic hydroxyl groups excluding tert-OH is 1. The van der Waals surface area contributed by atoms with Gasteiger partial charge in [-0.05, 0) is 24.7 Å². The highest BCUT2D eigenvalue weighted by Crippen LogP contribution is 2.21. The van der Waals surface area contributed by atoms with Gasteiger partial charge >= 0.3 is 0 Å². The van der Waals surface area contributed by atoms with E-state index in [0.29, 0.717) is 6.54 Å². The van der Waals surface area contributed by atoms with Gasteiger partial charge in [0.1, 0.15) is 5.75 Å². The van der Waals surface area contributed by atoms with E-state index in [-0.39, 0.29) is 12.6 Å². The monoisotopic (exact) mass is 219 g/mol. The zero-order valence-electron chi connectivity index (χ0n) is 9.68. The summed E-state index contributed by atoms with van der Waals surface area (Å²) in [4.78, 5) is 1.93. The van der Waals surface area contributed by atoms with Crippen LogP contribution in [0.5, 0.6) is 5.75 Å². The van der Waals surface area contributed by atoms with E-state index >= 15 is 0 Å². The van der Waals surface area contributed by atoms with Crippen LogP contribution in [0, 0.1) is 12.3 Å². The molecule has 1 N–H and O–H groups in total. The summed E-state index contributed by atoms with van der Waals surface area (Å²) in [5, 5.41) is 9.36. The lowest BCUT2D eigenvalue weighted by Gasteiger charge is -2.24. The van der Waals surface area contributed by atoms with Gasteiger partial charge in [0.05, 0.1) is 26.3 Å². The summed E-state index contributed by atoms with van der Waals surface area (Å²) >= 11 is 0. The molecule has 0 aliphatic carbocycles. The van der Waals surface area contributed by atoms with Crippen molar-refractivity contribution in [1.82, 2.24) is 4.90 Å². The number of ether oxygens (including phenoxy) is 1. The molecule has 0 bridgehead atoms. The number of hydrogen-bond acceptors (Lipinski definition) is 3. The van der Waals surface area contributed by atoms with Crippen LogP contribution in [0.2, 0.25) is 0 Å². The lowest BCUT2D eigenvalue weighted by atomic mass is 10.1. The molecule has 1 atom stereocenters. The van der Waals surface area contributed by atoms with Crippen molar-refractivity contribution in [2.45, 2.75) is 6.04 Å². The van der Waals surface area contributed by atoms with E-state index in [0.717, 1.165) is 11.3 Å². The molecule has 3 heteroatoms. The van der Waals surface area contributed by atoms with Gasteiger partial charge in [0.2, 0.25) is 0 Å². The maximum absolute atomic E-state index is 9.36. The smallest absolute Gasteiger partial charge is 0.118 e. The van der Waals surface area contributed by atoms with Crippen LogP contribution in [0.15, 0.2) is 24.3 Å². The molecule has 3 nitrogen and oxygen atoms in total. The Balaban J connectivity index is 2.83. The summed E-state index contributed by atoms with van der Waals surface area (Å²) < 4.78 is 5.08. The van der Waals surface area contributed by atoms with Crippen molar-refractivity contribution in [2.24, 2.45) is 0 Å². The quantitative estimate of drug-likeness (QED) is 0.758. The third-order valence-electron chi connectivity index (χ3n) is 2.55. The van der Waals surface area contributed by atoms with Gasteiger partial charge in [-0.1, -0.05) is 18.1 Å². The highest BCUT2D eigenvalue weighted by atomic mass is 16.5. The Kier molecular flexibility index (Phi) is 4.84. The van der Waals surface area contributed by atoms with Crippen molar-refractivity contribution >= 4 is 0 Å². The fourth-order valence-corrected chi connectivity index (χ4v) is 1.58. The molecule has 0 saturated heterocycles. The first-order valence-electron chi connectivity index (χ1n) is 5.11. The van der Waals surface area contributed by atoms with Gasteiger partial charge in [-0.3, -0.25) is 4.90 Å². The Labute approximate surface area is 96.7 Å². The van der Waals surface area contributed by atoms with Gasteiger partial charge in [-0.2, -0.15) is 0 Å². The molecule has 1 aromatic rings. The SMILES string of the molecule is C#CCN(C)[C@@H](CO)c1ccc(OC)cc1. The number of likely N-dealkylation sites (N-methyl/N-ethyl adjacent to an activating group) is 1. The van der Waals surface area contributed by atoms with Gasteiger partial charge in [0, 0.05) is 0 Å². The fraction of sp³-hybridized carbons (Fsp3) is 0.385. The number of terminal acetylenes is 1. The molecular formula is C13H17NO2. The predicted octanol–water partition coefficient (Wildman–Crippen LogP) is 1.29. The van der Waals surface area contributed by atoms with Gasteiger partial charge in [-0.15, -0.1) is 6.42 Å². The first kappa shape index (κ1) is 12.6. The molecule has 0 unspecified atom stereocenters. The van der Waals surface area contributed by atoms with Crippen molar-refractivity contribution in [2.75, 3.05) is 27.3 Å². The first-order valence-corrected chi connectivity index (χ1v) is 5.11. The molecule has 16 heavy (non-hydrogen) atoms. The summed E-state index contributed by atoms with van der Waals surface area (Å²) in [6.07, 6.45) is 5.25. The number of nitrogens with zero attached hydrogens (tertiary/aromatic N) is 1. The van der Waals surface area contributed by atoms with Crippen LogP contribution in [0.3, 0.4) is 0 Å². The molecular weight excluding hydrogens is 202 g/mol. The second-order valence-corrected chi connectivity index (χ2v) is 3.59. The maximum Gasteiger partial charge on any atom is 0.118 e. The standard InChI is InChI=1S/C13H17NO2/c1-4-9-14(2)13(10-15)11-5-7-12(16-3)8-6-11/h1,5-8,13,15H,9-10H2,2-3H3/t13-/m0/s1. The lowest BCUT2D eigenvalue weighted by molar-refractivity contribution is 0.160. The van der Waals surface area contributed by atoms with Crippen molar-refractivity contribution in [3.05, 3.63) is 29.8 Å². The van der Waals surface area contributed by atoms with Crippen LogP contribution in [0.1, 0.15) is 11.6 Å². The largest absolute Gasteiger partial charge is 0.497 e. The summed E-state index contributed by atoms with van der Waals surface area (Å²) in [5.41, 5.74) is 1.03. The molecule has 0 heterocycles. The number of hydrogen-bond donors (Lipinski definition) is 1. The molecule has 0 radical (unpaired) electrons. The molecule has 0 spiro atoms. The van der Waals surface area contributed by atoms with Crippen LogP contribution in [-0.2, 0) is 0 Å². The second-order valence-electron chi connectivity index (χ2n) is 3.59. The van der Waals surface area contributed by atoms with Crippen molar-refractivity contribution in [3.63, 3.8) is 0 Å². The zero-order chi connectivity index (χ0) is 12.0. The maximum atomic E-state index is 9.36. The number of methoxy groups -OCH3 is 1. The molecule has 86 valence electrons. The van der Waals surface area contributed by atoms with E-state index in [1.165, 1.54) is 0 Å². The van der Waals surface area contributed by atoms with Gasteiger partial charge in [0.15, 0.2) is 0 Å². The Morgan fingerprint density at radius 1 is 1.44 bits per heavy atom. The third kappa shape index (κ3) is 2.99. The van der Waals surface area contributed by atoms with Gasteiger partial charge in [-0.25, -0.2) is 0 Å². The van der Waals surface area contributed by atoms with E-state index in [1.807, 2.05) is 36.2 Å². The van der Waals surface area contributed by atoms with Crippen molar-refractivity contribution in [3.8, 4) is 18.1 Å². The molecule has 0 aromatic heterocycles. The van der Waals surface area contributed by atoms with Crippen LogP contribution in [-0.4, -0.2) is 37.3 Å². The Morgan fingerprint density at radius 2 is 2.06 bits per heavy atom. The molecule has 0 aliphatic heterocycles. The average Bonchev–Trinajstić information content (AvgIpc) is 2.31. The summed E-state index contributed by atoms with van der Waals surface area (Å²) in [6, 6.07) is 7.56. The molecule has 1 rings (SSSR count). The molecule has 0 aliphatic rings. The van der Waals surface area contributed by atoms with E-state index in [2.05, 4.69) is 5.92 Å². The molecule has 0 saturated carbocycles. The first-order chi connectivity index (χ1) is 7.72. The van der Waals surface area contributed by atoms with E-state index < -0.39 is 0 Å². The Hall–Kier alpha value is -1.50. The third-order valence-corrected chi connectivity index (χ3v) is 2.55. The van der Waals surface area contributed by atoms with E-state index in [1.54, 1.807) is 7.11 Å². The predicted molar refractivity (Wildman–Crippen MR) is 64.3 cm³/mol. The van der Waals surface area contributed by atoms with E-state index in [9.17, 15) is 5.11 Å². The van der Waals surface area contributed by atoms with Crippen LogP contribution < -0.4 is 4.74 Å². The van der Waals surface area contributed by atoms with Crippen LogP contribution in [0.25, 0.3) is 0 Å². The minimum atomic E-state index is -0.0676. The summed E-state index contributed by atoms with van der Waals surface area (Å²) in [6.45, 7) is 0.557. The van der Waals surface area contributed by atoms with E-state index in [4.69, 9.17) is 11.2 Å². The van der Waals surface area contributed by atoms with Gasteiger partial charge < -0.3 is 9.84 Å². The molecule has 0 fully saturated rings. The lowest BCUT2D eigenvalue weighted by Crippen LogP contribution is -2.27. The van der Waals surface area contributed by atoms with Crippen LogP contribution in [0.4, 0.5) is 0 Å². The molecule has 0 amide bonds. The Morgan fingerprint density at radius 3 is 2.50 bits per heavy atom. The minimum absolute atomic E-state index is 0.0461. The topological polar surface area (TPSA) is 32.7 Å². The number of benzene rings is 1. The Bertz CT molecular complexity index is 353. The van der Waals surface area contributed by atoms with Crippen molar-refractivity contribution in [1.29, 1.82) is 0 Å².